The second-order valence-electron chi connectivity index (χ2n) is 4.37. The van der Waals surface area contributed by atoms with Gasteiger partial charge in [0.2, 0.25) is 0 Å². The smallest absolute Gasteiger partial charge is 0.148 e. The van der Waals surface area contributed by atoms with Crippen molar-refractivity contribution < 1.29 is 4.74 Å². The lowest BCUT2D eigenvalue weighted by molar-refractivity contribution is 0.414. The molecule has 6 nitrogen and oxygen atoms in total. The molecule has 0 bridgehead atoms. The molecule has 0 radical (unpaired) electrons. The van der Waals surface area contributed by atoms with Crippen LogP contribution >= 0.6 is 0 Å². The Bertz CT molecular complexity index is 556. The number of nitrogens with zero attached hydrogens (tertiary/aromatic N) is 2. The maximum atomic E-state index is 5.39. The number of ether oxygens (including phenoxy) is 1. The molecular weight excluding hydrogens is 254 g/mol. The summed E-state index contributed by atoms with van der Waals surface area (Å²) in [5.74, 6) is 7.68. The summed E-state index contributed by atoms with van der Waals surface area (Å²) in [5, 5.41) is 3.29. The number of methoxy groups -OCH3 is 1. The molecule has 1 aromatic carbocycles. The van der Waals surface area contributed by atoms with E-state index in [0.29, 0.717) is 5.82 Å². The van der Waals surface area contributed by atoms with Gasteiger partial charge in [-0.05, 0) is 31.0 Å². The molecule has 20 heavy (non-hydrogen) atoms. The fourth-order valence-corrected chi connectivity index (χ4v) is 1.89. The maximum Gasteiger partial charge on any atom is 0.148 e. The molecule has 0 aliphatic heterocycles. The predicted octanol–water partition coefficient (Wildman–Crippen LogP) is 1.73. The van der Waals surface area contributed by atoms with Crippen molar-refractivity contribution in [2.24, 2.45) is 5.84 Å². The second kappa shape index (κ2) is 6.72. The molecule has 6 heteroatoms. The lowest BCUT2D eigenvalue weighted by atomic mass is 10.1. The SMILES string of the molecule is COc1ccc(CCNc2ncnc(NN)c2C)cc1. The van der Waals surface area contributed by atoms with E-state index in [-0.39, 0.29) is 0 Å². The van der Waals surface area contributed by atoms with E-state index < -0.39 is 0 Å². The number of hydrogen-bond acceptors (Lipinski definition) is 6. The molecule has 0 spiro atoms. The van der Waals surface area contributed by atoms with Gasteiger partial charge in [0.1, 0.15) is 23.7 Å². The number of nitrogens with two attached hydrogens (primary N) is 1. The zero-order chi connectivity index (χ0) is 14.4. The summed E-state index contributed by atoms with van der Waals surface area (Å²) in [6, 6.07) is 8.03. The molecule has 0 aliphatic rings. The fourth-order valence-electron chi connectivity index (χ4n) is 1.89. The average molecular weight is 273 g/mol. The highest BCUT2D eigenvalue weighted by Gasteiger charge is 2.05. The van der Waals surface area contributed by atoms with Crippen LogP contribution in [0.1, 0.15) is 11.1 Å². The summed E-state index contributed by atoms with van der Waals surface area (Å²) < 4.78 is 5.13. The molecule has 2 rings (SSSR count). The third-order valence-corrected chi connectivity index (χ3v) is 3.09. The monoisotopic (exact) mass is 273 g/mol. The molecule has 4 N–H and O–H groups in total. The van der Waals surface area contributed by atoms with E-state index in [9.17, 15) is 0 Å². The minimum atomic E-state index is 0.631. The van der Waals surface area contributed by atoms with Gasteiger partial charge >= 0.3 is 0 Å². The summed E-state index contributed by atoms with van der Waals surface area (Å²) in [7, 11) is 1.66. The molecule has 0 fully saturated rings. The Morgan fingerprint density at radius 2 is 1.85 bits per heavy atom. The minimum Gasteiger partial charge on any atom is -0.497 e. The number of hydrazine groups is 1. The third-order valence-electron chi connectivity index (χ3n) is 3.09. The maximum absolute atomic E-state index is 5.39. The third kappa shape index (κ3) is 3.36. The summed E-state index contributed by atoms with van der Waals surface area (Å²) in [5.41, 5.74) is 4.70. The summed E-state index contributed by atoms with van der Waals surface area (Å²) in [4.78, 5) is 8.25. The Balaban J connectivity index is 1.92. The Hall–Kier alpha value is -2.34. The molecule has 0 saturated heterocycles. The van der Waals surface area contributed by atoms with Crippen molar-refractivity contribution >= 4 is 11.6 Å². The van der Waals surface area contributed by atoms with E-state index in [0.717, 1.165) is 30.1 Å². The van der Waals surface area contributed by atoms with Gasteiger partial charge in [-0.15, -0.1) is 0 Å². The molecular formula is C14H19N5O. The average Bonchev–Trinajstić information content (AvgIpc) is 2.49. The topological polar surface area (TPSA) is 85.1 Å². The predicted molar refractivity (Wildman–Crippen MR) is 79.8 cm³/mol. The number of anilines is 2. The largest absolute Gasteiger partial charge is 0.497 e. The van der Waals surface area contributed by atoms with Gasteiger partial charge in [-0.3, -0.25) is 0 Å². The molecule has 0 atom stereocenters. The number of nitrogen functional groups attached to an aromatic ring is 1. The first-order chi connectivity index (χ1) is 9.74. The van der Waals surface area contributed by atoms with Crippen molar-refractivity contribution in [3.63, 3.8) is 0 Å². The van der Waals surface area contributed by atoms with Crippen LogP contribution in [0.5, 0.6) is 5.75 Å². The van der Waals surface area contributed by atoms with Gasteiger partial charge in [0.15, 0.2) is 0 Å². The van der Waals surface area contributed by atoms with E-state index >= 15 is 0 Å². The van der Waals surface area contributed by atoms with Gasteiger partial charge in [-0.2, -0.15) is 0 Å². The van der Waals surface area contributed by atoms with Crippen LogP contribution < -0.4 is 21.3 Å². The van der Waals surface area contributed by atoms with Crippen LogP contribution in [0.4, 0.5) is 11.6 Å². The van der Waals surface area contributed by atoms with Gasteiger partial charge in [0.25, 0.3) is 0 Å². The highest BCUT2D eigenvalue weighted by atomic mass is 16.5. The van der Waals surface area contributed by atoms with Crippen LogP contribution in [0, 0.1) is 6.92 Å². The Kier molecular flexibility index (Phi) is 4.73. The summed E-state index contributed by atoms with van der Waals surface area (Å²) >= 11 is 0. The first kappa shape index (κ1) is 14.1. The highest BCUT2D eigenvalue weighted by molar-refractivity contribution is 5.55. The molecule has 1 aromatic heterocycles. The zero-order valence-corrected chi connectivity index (χ0v) is 11.7. The van der Waals surface area contributed by atoms with E-state index in [2.05, 4.69) is 32.8 Å². The number of nitrogens with one attached hydrogen (secondary N) is 2. The van der Waals surface area contributed by atoms with Crippen molar-refractivity contribution in [1.29, 1.82) is 0 Å². The molecule has 1 heterocycles. The molecule has 106 valence electrons. The van der Waals surface area contributed by atoms with E-state index in [4.69, 9.17) is 10.6 Å². The standard InChI is InChI=1S/C14H19N5O/c1-10-13(17-9-18-14(10)19-15)16-8-7-11-3-5-12(20-2)6-4-11/h3-6,9H,7-8,15H2,1-2H3,(H2,16,17,18,19). The van der Waals surface area contributed by atoms with Crippen LogP contribution in [-0.4, -0.2) is 23.6 Å². The van der Waals surface area contributed by atoms with Crippen molar-refractivity contribution in [2.45, 2.75) is 13.3 Å². The van der Waals surface area contributed by atoms with Crippen LogP contribution in [0.25, 0.3) is 0 Å². The van der Waals surface area contributed by atoms with Crippen LogP contribution in [-0.2, 0) is 6.42 Å². The lowest BCUT2D eigenvalue weighted by Gasteiger charge is -2.11. The molecule has 0 amide bonds. The first-order valence-corrected chi connectivity index (χ1v) is 6.39. The van der Waals surface area contributed by atoms with E-state index in [1.54, 1.807) is 7.11 Å². The van der Waals surface area contributed by atoms with Gasteiger partial charge in [0, 0.05) is 12.1 Å². The van der Waals surface area contributed by atoms with Crippen LogP contribution in [0.15, 0.2) is 30.6 Å². The highest BCUT2D eigenvalue weighted by Crippen LogP contribution is 2.17. The Labute approximate surface area is 118 Å². The summed E-state index contributed by atoms with van der Waals surface area (Å²) in [6.07, 6.45) is 2.39. The fraction of sp³-hybridized carbons (Fsp3) is 0.286. The van der Waals surface area contributed by atoms with Gasteiger partial charge < -0.3 is 15.5 Å². The molecule has 0 unspecified atom stereocenters. The molecule has 2 aromatic rings. The second-order valence-corrected chi connectivity index (χ2v) is 4.37. The summed E-state index contributed by atoms with van der Waals surface area (Å²) in [6.45, 7) is 2.71. The van der Waals surface area contributed by atoms with Crippen LogP contribution in [0.3, 0.4) is 0 Å². The quantitative estimate of drug-likeness (QED) is 0.549. The molecule has 0 aliphatic carbocycles. The van der Waals surface area contributed by atoms with Gasteiger partial charge in [0.05, 0.1) is 7.11 Å². The van der Waals surface area contributed by atoms with Crippen molar-refractivity contribution in [2.75, 3.05) is 24.4 Å². The number of hydrogen-bond donors (Lipinski definition) is 3. The van der Waals surface area contributed by atoms with Crippen molar-refractivity contribution in [3.8, 4) is 5.75 Å². The van der Waals surface area contributed by atoms with Crippen molar-refractivity contribution in [3.05, 3.63) is 41.7 Å². The zero-order valence-electron chi connectivity index (χ0n) is 11.7. The number of aromatic nitrogens is 2. The van der Waals surface area contributed by atoms with E-state index in [1.807, 2.05) is 19.1 Å². The van der Waals surface area contributed by atoms with Crippen LogP contribution in [0.2, 0.25) is 0 Å². The number of rotatable bonds is 6. The van der Waals surface area contributed by atoms with Gasteiger partial charge in [-0.1, -0.05) is 12.1 Å². The Morgan fingerprint density at radius 3 is 2.50 bits per heavy atom. The molecule has 0 saturated carbocycles. The number of benzene rings is 1. The van der Waals surface area contributed by atoms with E-state index in [1.165, 1.54) is 11.9 Å². The normalized spacial score (nSPS) is 10.2. The van der Waals surface area contributed by atoms with Crippen molar-refractivity contribution in [1.82, 2.24) is 9.97 Å². The first-order valence-electron chi connectivity index (χ1n) is 6.39. The lowest BCUT2D eigenvalue weighted by Crippen LogP contribution is -2.13. The van der Waals surface area contributed by atoms with Gasteiger partial charge in [-0.25, -0.2) is 15.8 Å². The minimum absolute atomic E-state index is 0.631. The Morgan fingerprint density at radius 1 is 1.15 bits per heavy atom.